The van der Waals surface area contributed by atoms with Gasteiger partial charge in [0, 0.05) is 29.4 Å². The zero-order valence-electron chi connectivity index (χ0n) is 14.9. The highest BCUT2D eigenvalue weighted by Crippen LogP contribution is 2.23. The van der Waals surface area contributed by atoms with Gasteiger partial charge in [-0.1, -0.05) is 29.8 Å². The van der Waals surface area contributed by atoms with Gasteiger partial charge in [-0.05, 0) is 36.2 Å². The molecule has 0 radical (unpaired) electrons. The van der Waals surface area contributed by atoms with Gasteiger partial charge in [0.25, 0.3) is 0 Å². The molecule has 0 saturated carbocycles. The van der Waals surface area contributed by atoms with E-state index in [1.54, 1.807) is 30.3 Å². The normalized spacial score (nSPS) is 10.4. The maximum absolute atomic E-state index is 11.4. The lowest BCUT2D eigenvalue weighted by atomic mass is 10.1. The van der Waals surface area contributed by atoms with E-state index in [0.29, 0.717) is 29.7 Å². The fourth-order valence-electron chi connectivity index (χ4n) is 2.43. The van der Waals surface area contributed by atoms with Crippen LogP contribution in [0.4, 0.5) is 11.5 Å². The first-order chi connectivity index (χ1) is 13.6. The van der Waals surface area contributed by atoms with E-state index in [1.165, 1.54) is 11.9 Å². The van der Waals surface area contributed by atoms with Crippen LogP contribution < -0.4 is 15.4 Å². The number of alkyl halides is 1. The number of nitrogens with one attached hydrogen (secondary N) is 2. The second-order valence-electron chi connectivity index (χ2n) is 5.86. The molecule has 3 aromatic rings. The summed E-state index contributed by atoms with van der Waals surface area (Å²) < 4.78 is 5.76. The molecule has 0 fully saturated rings. The van der Waals surface area contributed by atoms with Gasteiger partial charge in [0.2, 0.25) is 11.8 Å². The topological polar surface area (TPSA) is 76.1 Å². The van der Waals surface area contributed by atoms with Crippen LogP contribution in [0, 0.1) is 0 Å². The van der Waals surface area contributed by atoms with Crippen LogP contribution in [0.2, 0.25) is 5.02 Å². The van der Waals surface area contributed by atoms with Crippen molar-refractivity contribution in [3.63, 3.8) is 0 Å². The highest BCUT2D eigenvalue weighted by Gasteiger charge is 2.05. The van der Waals surface area contributed by atoms with E-state index in [-0.39, 0.29) is 11.8 Å². The van der Waals surface area contributed by atoms with Gasteiger partial charge in [0.15, 0.2) is 0 Å². The Labute approximate surface area is 172 Å². The number of rotatable bonds is 8. The summed E-state index contributed by atoms with van der Waals surface area (Å²) in [6, 6.07) is 16.4. The number of hydrogen-bond acceptors (Lipinski definition) is 5. The van der Waals surface area contributed by atoms with Crippen molar-refractivity contribution in [1.82, 2.24) is 9.97 Å². The largest absolute Gasteiger partial charge is 0.439 e. The van der Waals surface area contributed by atoms with Crippen molar-refractivity contribution in [2.24, 2.45) is 0 Å². The third-order valence-electron chi connectivity index (χ3n) is 3.74. The number of halogens is 2. The third kappa shape index (κ3) is 6.11. The zero-order valence-corrected chi connectivity index (χ0v) is 16.4. The third-order valence-corrected chi connectivity index (χ3v) is 4.23. The molecule has 1 amide bonds. The van der Waals surface area contributed by atoms with Gasteiger partial charge >= 0.3 is 0 Å². The monoisotopic (exact) mass is 416 g/mol. The second kappa shape index (κ2) is 9.92. The molecule has 0 bridgehead atoms. The quantitative estimate of drug-likeness (QED) is 0.517. The lowest BCUT2D eigenvalue weighted by Gasteiger charge is -2.09. The molecule has 0 spiro atoms. The van der Waals surface area contributed by atoms with E-state index in [1.807, 2.05) is 24.3 Å². The highest BCUT2D eigenvalue weighted by molar-refractivity contribution is 6.30. The van der Waals surface area contributed by atoms with E-state index in [9.17, 15) is 4.79 Å². The Kier molecular flexibility index (Phi) is 7.06. The highest BCUT2D eigenvalue weighted by atomic mass is 35.5. The van der Waals surface area contributed by atoms with Crippen LogP contribution in [0.15, 0.2) is 60.9 Å². The molecule has 0 aliphatic heterocycles. The molecule has 28 heavy (non-hydrogen) atoms. The number of ether oxygens (including phenoxy) is 1. The molecule has 1 heterocycles. The lowest BCUT2D eigenvalue weighted by Crippen LogP contribution is -2.12. The van der Waals surface area contributed by atoms with Crippen molar-refractivity contribution in [1.29, 1.82) is 0 Å². The number of hydrogen-bond donors (Lipinski definition) is 2. The van der Waals surface area contributed by atoms with Crippen molar-refractivity contribution in [3.05, 3.63) is 71.5 Å². The van der Waals surface area contributed by atoms with Gasteiger partial charge in [-0.25, -0.2) is 9.97 Å². The predicted octanol–water partition coefficient (Wildman–Crippen LogP) is 4.75. The average Bonchev–Trinajstić information content (AvgIpc) is 2.70. The summed E-state index contributed by atoms with van der Waals surface area (Å²) in [7, 11) is 0. The number of carbonyl (C=O) groups is 1. The predicted molar refractivity (Wildman–Crippen MR) is 112 cm³/mol. The van der Waals surface area contributed by atoms with Crippen molar-refractivity contribution in [2.75, 3.05) is 23.1 Å². The maximum Gasteiger partial charge on any atom is 0.239 e. The molecular formula is C20H18Cl2N4O2. The van der Waals surface area contributed by atoms with Crippen molar-refractivity contribution in [3.8, 4) is 11.6 Å². The van der Waals surface area contributed by atoms with Crippen LogP contribution in [0.1, 0.15) is 5.56 Å². The van der Waals surface area contributed by atoms with Gasteiger partial charge in [-0.15, -0.1) is 11.6 Å². The van der Waals surface area contributed by atoms with Crippen LogP contribution in [0.5, 0.6) is 11.6 Å². The fourth-order valence-corrected chi connectivity index (χ4v) is 2.62. The molecule has 0 atom stereocenters. The van der Waals surface area contributed by atoms with E-state index < -0.39 is 0 Å². The van der Waals surface area contributed by atoms with Crippen molar-refractivity contribution >= 4 is 40.6 Å². The summed E-state index contributed by atoms with van der Waals surface area (Å²) in [5, 5.41) is 6.64. The van der Waals surface area contributed by atoms with Gasteiger partial charge in [-0.3, -0.25) is 4.79 Å². The minimum atomic E-state index is -0.284. The molecule has 8 heteroatoms. The molecule has 144 valence electrons. The van der Waals surface area contributed by atoms with Crippen LogP contribution in [-0.4, -0.2) is 28.3 Å². The van der Waals surface area contributed by atoms with Crippen molar-refractivity contribution < 1.29 is 9.53 Å². The van der Waals surface area contributed by atoms with Crippen LogP contribution >= 0.6 is 23.2 Å². The number of nitrogens with zero attached hydrogens (tertiary/aromatic N) is 2. The van der Waals surface area contributed by atoms with Gasteiger partial charge in [0.05, 0.1) is 0 Å². The van der Waals surface area contributed by atoms with Gasteiger partial charge < -0.3 is 15.4 Å². The van der Waals surface area contributed by atoms with E-state index in [0.717, 1.165) is 11.4 Å². The Morgan fingerprint density at radius 2 is 1.89 bits per heavy atom. The Hall–Kier alpha value is -2.83. The molecule has 0 aliphatic rings. The number of amides is 1. The van der Waals surface area contributed by atoms with Gasteiger partial charge in [-0.2, -0.15) is 0 Å². The summed E-state index contributed by atoms with van der Waals surface area (Å²) in [4.78, 5) is 19.7. The molecule has 0 unspecified atom stereocenters. The summed E-state index contributed by atoms with van der Waals surface area (Å²) in [6.45, 7) is 0.706. The van der Waals surface area contributed by atoms with Crippen molar-refractivity contribution in [2.45, 2.75) is 6.42 Å². The van der Waals surface area contributed by atoms with E-state index in [4.69, 9.17) is 27.9 Å². The number of benzene rings is 2. The average molecular weight is 417 g/mol. The number of anilines is 2. The number of aromatic nitrogens is 2. The summed E-state index contributed by atoms with van der Waals surface area (Å²) in [6.07, 6.45) is 2.26. The van der Waals surface area contributed by atoms with Crippen LogP contribution in [-0.2, 0) is 11.2 Å². The first kappa shape index (κ1) is 19.9. The minimum Gasteiger partial charge on any atom is -0.439 e. The molecule has 6 nitrogen and oxygen atoms in total. The van der Waals surface area contributed by atoms with Gasteiger partial charge in [0.1, 0.15) is 23.8 Å². The fraction of sp³-hybridized carbons (Fsp3) is 0.150. The maximum atomic E-state index is 11.4. The van der Waals surface area contributed by atoms with Crippen LogP contribution in [0.25, 0.3) is 0 Å². The van der Waals surface area contributed by atoms with E-state index in [2.05, 4.69) is 20.6 Å². The first-order valence-corrected chi connectivity index (χ1v) is 9.48. The van der Waals surface area contributed by atoms with E-state index >= 15 is 0 Å². The second-order valence-corrected chi connectivity index (χ2v) is 6.56. The zero-order chi connectivity index (χ0) is 19.8. The molecule has 1 aromatic heterocycles. The Morgan fingerprint density at radius 3 is 2.68 bits per heavy atom. The molecule has 3 rings (SSSR count). The SMILES string of the molecule is O=C(CCl)Nc1cccc(Oc2cc(NCCc3ccc(Cl)cc3)ncn2)c1. The Morgan fingerprint density at radius 1 is 1.07 bits per heavy atom. The molecule has 0 saturated heterocycles. The lowest BCUT2D eigenvalue weighted by molar-refractivity contribution is -0.113. The minimum absolute atomic E-state index is 0.109. The first-order valence-electron chi connectivity index (χ1n) is 8.56. The summed E-state index contributed by atoms with van der Waals surface area (Å²) in [5.41, 5.74) is 1.77. The molecule has 2 N–H and O–H groups in total. The van der Waals surface area contributed by atoms with Crippen LogP contribution in [0.3, 0.4) is 0 Å². The smallest absolute Gasteiger partial charge is 0.239 e. The molecule has 2 aromatic carbocycles. The Balaban J connectivity index is 1.58. The molecule has 0 aliphatic carbocycles. The molecular weight excluding hydrogens is 399 g/mol. The summed E-state index contributed by atoms with van der Waals surface area (Å²) >= 11 is 11.4. The summed E-state index contributed by atoms with van der Waals surface area (Å²) in [5.74, 6) is 1.20. The standard InChI is InChI=1S/C20H18Cl2N4O2/c21-12-19(27)26-16-2-1-3-17(10-16)28-20-11-18(24-13-25-20)23-9-8-14-4-6-15(22)7-5-14/h1-7,10-11,13H,8-9,12H2,(H,26,27)(H,23,24,25). The number of carbonyl (C=O) groups excluding carboxylic acids is 1. The Bertz CT molecular complexity index is 935.